The summed E-state index contributed by atoms with van der Waals surface area (Å²) in [5, 5.41) is 22.8. The third kappa shape index (κ3) is 12.2. The minimum atomic E-state index is -2.42. The molecule has 0 rings (SSSR count). The van der Waals surface area contributed by atoms with E-state index in [1.54, 1.807) is 0 Å². The fourth-order valence-electron chi connectivity index (χ4n) is 2.57. The van der Waals surface area contributed by atoms with Crippen molar-refractivity contribution in [1.82, 2.24) is 0 Å². The van der Waals surface area contributed by atoms with E-state index in [-0.39, 0.29) is 0 Å². The second kappa shape index (κ2) is 12.4. The van der Waals surface area contributed by atoms with Crippen molar-refractivity contribution in [3.8, 4) is 0 Å². The number of quaternary nitrogens is 1. The van der Waals surface area contributed by atoms with Gasteiger partial charge in [-0.2, -0.15) is 0 Å². The Morgan fingerprint density at radius 1 is 0.765 bits per heavy atom. The highest BCUT2D eigenvalue weighted by atomic mass is 16.5. The maximum absolute atomic E-state index is 8.64. The van der Waals surface area contributed by atoms with Gasteiger partial charge in [-0.15, -0.1) is 0 Å². The fourth-order valence-corrected chi connectivity index (χ4v) is 2.57. The molecule has 0 amide bonds. The largest absolute Gasteiger partial charge is 0.832 e. The first kappa shape index (κ1) is 19.2. The fraction of sp³-hybridized carbons (Fsp3) is 1.00. The molecule has 0 fully saturated rings. The molecule has 0 aliphatic rings. The lowest BCUT2D eigenvalue weighted by atomic mass is 10.2. The molecule has 0 radical (unpaired) electrons. The van der Waals surface area contributed by atoms with E-state index in [1.165, 1.54) is 56.3 Å². The minimum Gasteiger partial charge on any atom is -0.832 e. The van der Waals surface area contributed by atoms with Gasteiger partial charge in [0.05, 0.1) is 26.2 Å². The summed E-state index contributed by atoms with van der Waals surface area (Å²) in [7, 11) is -2.42. The van der Waals surface area contributed by atoms with Crippen molar-refractivity contribution in [1.29, 1.82) is 0 Å². The molecule has 2 N–H and O–H groups in total. The van der Waals surface area contributed by atoms with Crippen LogP contribution in [0.2, 0.25) is 0 Å². The quantitative estimate of drug-likeness (QED) is 0.491. The summed E-state index contributed by atoms with van der Waals surface area (Å²) in [6.07, 6.45) is 5.33. The van der Waals surface area contributed by atoms with Crippen LogP contribution in [0.1, 0.15) is 53.4 Å². The van der Waals surface area contributed by atoms with Crippen molar-refractivity contribution in [3.05, 3.63) is 0 Å². The molecule has 0 atom stereocenters. The number of nitrogens with zero attached hydrogens (tertiary/aromatic N) is 1. The van der Waals surface area contributed by atoms with E-state index in [1.807, 2.05) is 0 Å². The first-order valence-electron chi connectivity index (χ1n) is 6.85. The summed E-state index contributed by atoms with van der Waals surface area (Å²) in [5.41, 5.74) is 0. The van der Waals surface area contributed by atoms with Crippen LogP contribution in [0.15, 0.2) is 0 Å². The maximum atomic E-state index is 8.64. The lowest BCUT2D eigenvalue weighted by molar-refractivity contribution is -0.928. The van der Waals surface area contributed by atoms with Crippen LogP contribution in [0.4, 0.5) is 0 Å². The van der Waals surface area contributed by atoms with Crippen molar-refractivity contribution >= 4 is 7.32 Å². The zero-order valence-electron chi connectivity index (χ0n) is 12.0. The van der Waals surface area contributed by atoms with E-state index < -0.39 is 7.32 Å². The smallest absolute Gasteiger partial charge is 0.339 e. The van der Waals surface area contributed by atoms with Gasteiger partial charge in [-0.3, -0.25) is 0 Å². The standard InChI is InChI=1S/C12H28N.BH2O3/c1-5-9-13(10-6-2,11-7-3)12-8-4;2-1(3)4/h5-12H2,1-4H3;2-3H/q+1;-1. The summed E-state index contributed by atoms with van der Waals surface area (Å²) in [5.74, 6) is 0. The summed E-state index contributed by atoms with van der Waals surface area (Å²) in [4.78, 5) is 0. The van der Waals surface area contributed by atoms with Crippen molar-refractivity contribution < 1.29 is 19.6 Å². The molecular weight excluding hydrogens is 217 g/mol. The van der Waals surface area contributed by atoms with Crippen LogP contribution in [0.5, 0.6) is 0 Å². The molecule has 4 nitrogen and oxygen atoms in total. The zero-order chi connectivity index (χ0) is 13.7. The van der Waals surface area contributed by atoms with E-state index >= 15 is 0 Å². The number of hydrogen-bond donors (Lipinski definition) is 2. The predicted molar refractivity (Wildman–Crippen MR) is 71.1 cm³/mol. The lowest BCUT2D eigenvalue weighted by Gasteiger charge is -2.38. The third-order valence-electron chi connectivity index (χ3n) is 2.79. The SMILES string of the molecule is CCC[N+](CCC)(CCC)CCC.[O-]B(O)O. The van der Waals surface area contributed by atoms with Gasteiger partial charge in [0, 0.05) is 0 Å². The first-order chi connectivity index (χ1) is 7.97. The Morgan fingerprint density at radius 3 is 1.06 bits per heavy atom. The molecule has 0 aromatic heterocycles. The predicted octanol–water partition coefficient (Wildman–Crippen LogP) is 0.759. The van der Waals surface area contributed by atoms with Crippen LogP contribution in [0.25, 0.3) is 0 Å². The molecule has 0 bridgehead atoms. The van der Waals surface area contributed by atoms with Gasteiger partial charge in [-0.25, -0.2) is 0 Å². The van der Waals surface area contributed by atoms with Gasteiger partial charge >= 0.3 is 7.32 Å². The van der Waals surface area contributed by atoms with Crippen molar-refractivity contribution in [3.63, 3.8) is 0 Å². The molecule has 0 unspecified atom stereocenters. The van der Waals surface area contributed by atoms with Crippen molar-refractivity contribution in [2.75, 3.05) is 26.2 Å². The van der Waals surface area contributed by atoms with Crippen LogP contribution in [-0.4, -0.2) is 48.0 Å². The summed E-state index contributed by atoms with van der Waals surface area (Å²) < 4.78 is 1.38. The lowest BCUT2D eigenvalue weighted by Crippen LogP contribution is -2.50. The molecule has 0 spiro atoms. The minimum absolute atomic E-state index is 1.33. The van der Waals surface area contributed by atoms with E-state index in [0.717, 1.165) is 0 Å². The molecule has 0 aliphatic carbocycles. The van der Waals surface area contributed by atoms with Crippen LogP contribution in [0.3, 0.4) is 0 Å². The second-order valence-corrected chi connectivity index (χ2v) is 4.56. The topological polar surface area (TPSA) is 63.5 Å². The third-order valence-corrected chi connectivity index (χ3v) is 2.79. The average molecular weight is 247 g/mol. The van der Waals surface area contributed by atoms with Gasteiger partial charge in [0.2, 0.25) is 0 Å². The Bertz CT molecular complexity index is 124. The molecule has 0 aliphatic heterocycles. The van der Waals surface area contributed by atoms with E-state index in [2.05, 4.69) is 27.7 Å². The Labute approximate surface area is 107 Å². The first-order valence-corrected chi connectivity index (χ1v) is 6.85. The maximum Gasteiger partial charge on any atom is 0.339 e. The molecule has 5 heteroatoms. The monoisotopic (exact) mass is 247 g/mol. The highest BCUT2D eigenvalue weighted by Gasteiger charge is 2.22. The highest BCUT2D eigenvalue weighted by Crippen LogP contribution is 2.12. The van der Waals surface area contributed by atoms with Gasteiger partial charge in [-0.1, -0.05) is 27.7 Å². The van der Waals surface area contributed by atoms with E-state index in [0.29, 0.717) is 0 Å². The summed E-state index contributed by atoms with van der Waals surface area (Å²) in [6.45, 7) is 14.8. The molecular formula is C12H30BNO3. The Balaban J connectivity index is 0. The molecule has 0 saturated heterocycles. The number of rotatable bonds is 8. The highest BCUT2D eigenvalue weighted by molar-refractivity contribution is 6.28. The van der Waals surface area contributed by atoms with Gasteiger partial charge in [0.15, 0.2) is 0 Å². The Morgan fingerprint density at radius 2 is 0.941 bits per heavy atom. The van der Waals surface area contributed by atoms with Crippen LogP contribution in [0, 0.1) is 0 Å². The average Bonchev–Trinajstić information content (AvgIpc) is 2.18. The van der Waals surface area contributed by atoms with Crippen LogP contribution >= 0.6 is 0 Å². The van der Waals surface area contributed by atoms with Gasteiger partial charge in [0.1, 0.15) is 0 Å². The summed E-state index contributed by atoms with van der Waals surface area (Å²) >= 11 is 0. The number of hydrogen-bond acceptors (Lipinski definition) is 3. The zero-order valence-corrected chi connectivity index (χ0v) is 12.0. The second-order valence-electron chi connectivity index (χ2n) is 4.56. The molecule has 0 aromatic carbocycles. The van der Waals surface area contributed by atoms with Crippen LogP contribution in [-0.2, 0) is 0 Å². The van der Waals surface area contributed by atoms with Gasteiger partial charge in [0.25, 0.3) is 0 Å². The van der Waals surface area contributed by atoms with Crippen LogP contribution < -0.4 is 5.02 Å². The van der Waals surface area contributed by atoms with E-state index in [9.17, 15) is 0 Å². The van der Waals surface area contributed by atoms with Gasteiger partial charge < -0.3 is 19.6 Å². The Hall–Kier alpha value is -0.0951. The normalized spacial score (nSPS) is 10.8. The molecule has 0 heterocycles. The molecule has 17 heavy (non-hydrogen) atoms. The van der Waals surface area contributed by atoms with Crippen molar-refractivity contribution in [2.45, 2.75) is 53.4 Å². The Kier molecular flexibility index (Phi) is 14.0. The molecule has 104 valence electrons. The van der Waals surface area contributed by atoms with Gasteiger partial charge in [-0.05, 0) is 25.7 Å². The molecule has 0 saturated carbocycles. The molecule has 0 aromatic rings. The van der Waals surface area contributed by atoms with Crippen molar-refractivity contribution in [2.24, 2.45) is 0 Å². The summed E-state index contributed by atoms with van der Waals surface area (Å²) in [6, 6.07) is 0. The van der Waals surface area contributed by atoms with E-state index in [4.69, 9.17) is 15.1 Å².